The summed E-state index contributed by atoms with van der Waals surface area (Å²) in [5.41, 5.74) is 5.40. The van der Waals surface area contributed by atoms with Crippen LogP contribution in [0.3, 0.4) is 0 Å². The van der Waals surface area contributed by atoms with E-state index >= 15 is 0 Å². The van der Waals surface area contributed by atoms with Crippen molar-refractivity contribution >= 4 is 0 Å². The zero-order chi connectivity index (χ0) is 9.94. The van der Waals surface area contributed by atoms with Crippen molar-refractivity contribution in [3.8, 4) is 0 Å². The lowest BCUT2D eigenvalue weighted by Gasteiger charge is -2.10. The van der Waals surface area contributed by atoms with E-state index in [1.54, 1.807) is 0 Å². The third-order valence-corrected chi connectivity index (χ3v) is 2.42. The predicted molar refractivity (Wildman–Crippen MR) is 59.8 cm³/mol. The Balaban J connectivity index is 3.03. The maximum Gasteiger partial charge on any atom is -0.00369 e. The Hall–Kier alpha value is -0.0800. The molecule has 2 heteroatoms. The standard InChI is InChI=1S/C11H26N2/c1-3-4-6-11(2)7-10-13-9-5-8-12/h11,13H,3-10,12H2,1-2H3. The molecule has 0 radical (unpaired) electrons. The topological polar surface area (TPSA) is 38.0 Å². The quantitative estimate of drug-likeness (QED) is 0.541. The van der Waals surface area contributed by atoms with Crippen LogP contribution in [0.2, 0.25) is 0 Å². The van der Waals surface area contributed by atoms with Gasteiger partial charge in [0.15, 0.2) is 0 Å². The molecular weight excluding hydrogens is 160 g/mol. The SMILES string of the molecule is CCCCC(C)CCNCCCN. The molecule has 0 bridgehead atoms. The van der Waals surface area contributed by atoms with E-state index in [9.17, 15) is 0 Å². The molecule has 13 heavy (non-hydrogen) atoms. The lowest BCUT2D eigenvalue weighted by molar-refractivity contribution is 0.453. The van der Waals surface area contributed by atoms with Crippen molar-refractivity contribution < 1.29 is 0 Å². The van der Waals surface area contributed by atoms with E-state index in [1.807, 2.05) is 0 Å². The second-order valence-electron chi connectivity index (χ2n) is 3.93. The van der Waals surface area contributed by atoms with Crippen LogP contribution in [0.4, 0.5) is 0 Å². The van der Waals surface area contributed by atoms with E-state index in [0.29, 0.717) is 0 Å². The van der Waals surface area contributed by atoms with Crippen LogP contribution in [0.5, 0.6) is 0 Å². The van der Waals surface area contributed by atoms with Crippen molar-refractivity contribution in [3.05, 3.63) is 0 Å². The molecule has 80 valence electrons. The summed E-state index contributed by atoms with van der Waals surface area (Å²) in [6, 6.07) is 0. The summed E-state index contributed by atoms with van der Waals surface area (Å²) in [5.74, 6) is 0.880. The van der Waals surface area contributed by atoms with Gasteiger partial charge in [0.25, 0.3) is 0 Å². The highest BCUT2D eigenvalue weighted by atomic mass is 14.8. The van der Waals surface area contributed by atoms with Crippen molar-refractivity contribution in [2.24, 2.45) is 11.7 Å². The first-order valence-corrected chi connectivity index (χ1v) is 5.72. The highest BCUT2D eigenvalue weighted by Gasteiger charge is 1.99. The predicted octanol–water partition coefficient (Wildman–Crippen LogP) is 2.14. The van der Waals surface area contributed by atoms with Crippen LogP contribution in [0.25, 0.3) is 0 Å². The molecule has 0 aliphatic heterocycles. The van der Waals surface area contributed by atoms with Crippen molar-refractivity contribution in [1.29, 1.82) is 0 Å². The molecule has 1 atom stereocenters. The number of hydrogen-bond donors (Lipinski definition) is 2. The summed E-state index contributed by atoms with van der Waals surface area (Å²) in [5, 5.41) is 3.41. The zero-order valence-corrected chi connectivity index (χ0v) is 9.31. The van der Waals surface area contributed by atoms with Gasteiger partial charge in [-0.1, -0.05) is 33.1 Å². The molecule has 0 aromatic carbocycles. The lowest BCUT2D eigenvalue weighted by atomic mass is 10.0. The smallest absolute Gasteiger partial charge is 0.00369 e. The summed E-state index contributed by atoms with van der Waals surface area (Å²) in [6.07, 6.45) is 6.50. The van der Waals surface area contributed by atoms with Crippen LogP contribution in [0.15, 0.2) is 0 Å². The Bertz CT molecular complexity index is 94.1. The van der Waals surface area contributed by atoms with Crippen molar-refractivity contribution in [1.82, 2.24) is 5.32 Å². The van der Waals surface area contributed by atoms with E-state index in [1.165, 1.54) is 25.7 Å². The molecule has 0 amide bonds. The first kappa shape index (κ1) is 12.9. The van der Waals surface area contributed by atoms with Gasteiger partial charge in [0, 0.05) is 0 Å². The number of unbranched alkanes of at least 4 members (excludes halogenated alkanes) is 1. The summed E-state index contributed by atoms with van der Waals surface area (Å²) < 4.78 is 0. The fraction of sp³-hybridized carbons (Fsp3) is 1.00. The Morgan fingerprint density at radius 1 is 1.15 bits per heavy atom. The summed E-state index contributed by atoms with van der Waals surface area (Å²) in [6.45, 7) is 7.65. The van der Waals surface area contributed by atoms with Gasteiger partial charge in [-0.3, -0.25) is 0 Å². The molecule has 2 nitrogen and oxygen atoms in total. The molecule has 0 aliphatic carbocycles. The van der Waals surface area contributed by atoms with Gasteiger partial charge in [-0.05, 0) is 38.4 Å². The van der Waals surface area contributed by atoms with E-state index in [2.05, 4.69) is 19.2 Å². The first-order valence-electron chi connectivity index (χ1n) is 5.72. The fourth-order valence-electron chi connectivity index (χ4n) is 1.40. The van der Waals surface area contributed by atoms with Crippen LogP contribution in [0.1, 0.15) is 46.0 Å². The molecule has 0 fully saturated rings. The lowest BCUT2D eigenvalue weighted by Crippen LogP contribution is -2.20. The molecule has 0 aromatic rings. The molecule has 0 saturated carbocycles. The molecule has 0 rings (SSSR count). The zero-order valence-electron chi connectivity index (χ0n) is 9.31. The number of hydrogen-bond acceptors (Lipinski definition) is 2. The van der Waals surface area contributed by atoms with Crippen molar-refractivity contribution in [3.63, 3.8) is 0 Å². The molecule has 0 saturated heterocycles. The summed E-state index contributed by atoms with van der Waals surface area (Å²) in [4.78, 5) is 0. The Morgan fingerprint density at radius 3 is 2.54 bits per heavy atom. The fourth-order valence-corrected chi connectivity index (χ4v) is 1.40. The van der Waals surface area contributed by atoms with E-state index < -0.39 is 0 Å². The van der Waals surface area contributed by atoms with E-state index in [4.69, 9.17) is 5.73 Å². The Labute approximate surface area is 83.3 Å². The first-order chi connectivity index (χ1) is 6.31. The highest BCUT2D eigenvalue weighted by molar-refractivity contribution is 4.56. The maximum absolute atomic E-state index is 5.40. The largest absolute Gasteiger partial charge is 0.330 e. The van der Waals surface area contributed by atoms with Crippen LogP contribution in [-0.2, 0) is 0 Å². The molecule has 3 N–H and O–H groups in total. The van der Waals surface area contributed by atoms with Gasteiger partial charge in [-0.15, -0.1) is 0 Å². The normalized spacial score (nSPS) is 13.2. The third-order valence-electron chi connectivity index (χ3n) is 2.42. The van der Waals surface area contributed by atoms with Gasteiger partial charge in [0.1, 0.15) is 0 Å². The second-order valence-corrected chi connectivity index (χ2v) is 3.93. The molecule has 0 aromatic heterocycles. The summed E-state index contributed by atoms with van der Waals surface area (Å²) >= 11 is 0. The number of nitrogens with one attached hydrogen (secondary N) is 1. The summed E-state index contributed by atoms with van der Waals surface area (Å²) in [7, 11) is 0. The molecule has 0 spiro atoms. The minimum absolute atomic E-state index is 0.804. The van der Waals surface area contributed by atoms with Crippen LogP contribution in [0, 0.1) is 5.92 Å². The van der Waals surface area contributed by atoms with E-state index in [0.717, 1.165) is 32.0 Å². The average molecular weight is 186 g/mol. The monoisotopic (exact) mass is 186 g/mol. The minimum atomic E-state index is 0.804. The molecule has 1 unspecified atom stereocenters. The van der Waals surface area contributed by atoms with Gasteiger partial charge in [0.2, 0.25) is 0 Å². The third kappa shape index (κ3) is 9.84. The van der Waals surface area contributed by atoms with Gasteiger partial charge >= 0.3 is 0 Å². The van der Waals surface area contributed by atoms with Crippen LogP contribution in [-0.4, -0.2) is 19.6 Å². The minimum Gasteiger partial charge on any atom is -0.330 e. The van der Waals surface area contributed by atoms with Crippen LogP contribution < -0.4 is 11.1 Å². The highest BCUT2D eigenvalue weighted by Crippen LogP contribution is 2.10. The molecule has 0 aliphatic rings. The second kappa shape index (κ2) is 10.0. The van der Waals surface area contributed by atoms with E-state index in [-0.39, 0.29) is 0 Å². The number of rotatable bonds is 9. The van der Waals surface area contributed by atoms with Crippen molar-refractivity contribution in [2.75, 3.05) is 19.6 Å². The van der Waals surface area contributed by atoms with Gasteiger partial charge in [-0.2, -0.15) is 0 Å². The van der Waals surface area contributed by atoms with Gasteiger partial charge in [-0.25, -0.2) is 0 Å². The molecular formula is C11H26N2. The molecule has 0 heterocycles. The maximum atomic E-state index is 5.40. The Morgan fingerprint density at radius 2 is 1.92 bits per heavy atom. The van der Waals surface area contributed by atoms with Crippen molar-refractivity contribution in [2.45, 2.75) is 46.0 Å². The number of nitrogens with two attached hydrogens (primary N) is 1. The Kier molecular flexibility index (Phi) is 9.94. The van der Waals surface area contributed by atoms with Gasteiger partial charge < -0.3 is 11.1 Å². The average Bonchev–Trinajstić information content (AvgIpc) is 2.14. The van der Waals surface area contributed by atoms with Crippen LogP contribution >= 0.6 is 0 Å². The van der Waals surface area contributed by atoms with Gasteiger partial charge in [0.05, 0.1) is 0 Å².